The van der Waals surface area contributed by atoms with Crippen LogP contribution in [0.3, 0.4) is 0 Å². The van der Waals surface area contributed by atoms with Gasteiger partial charge in [-0.25, -0.2) is 4.39 Å². The molecule has 2 aromatic rings. The minimum absolute atomic E-state index is 0.0526. The Balaban J connectivity index is 1.83. The maximum atomic E-state index is 13.1. The highest BCUT2D eigenvalue weighted by Gasteiger charge is 2.08. The molecule has 0 saturated heterocycles. The van der Waals surface area contributed by atoms with Crippen LogP contribution in [-0.2, 0) is 9.59 Å². The van der Waals surface area contributed by atoms with E-state index in [1.807, 2.05) is 13.8 Å². The van der Waals surface area contributed by atoms with Gasteiger partial charge in [-0.05, 0) is 42.3 Å². The summed E-state index contributed by atoms with van der Waals surface area (Å²) in [5.74, 6) is -0.395. The van der Waals surface area contributed by atoms with Gasteiger partial charge >= 0.3 is 0 Å². The molecular weight excluding hydrogens is 359 g/mol. The first-order valence-corrected chi connectivity index (χ1v) is 8.49. The minimum atomic E-state index is -0.552. The topological polar surface area (TPSA) is 67.4 Å². The summed E-state index contributed by atoms with van der Waals surface area (Å²) in [5, 5.41) is 5.39. The molecule has 5 nitrogen and oxygen atoms in total. The average Bonchev–Trinajstić information content (AvgIpc) is 2.57. The van der Waals surface area contributed by atoms with Crippen molar-refractivity contribution in [1.29, 1.82) is 0 Å². The summed E-state index contributed by atoms with van der Waals surface area (Å²) in [6.45, 7) is 3.70. The van der Waals surface area contributed by atoms with E-state index in [4.69, 9.17) is 16.3 Å². The molecule has 0 spiro atoms. The molecule has 0 fully saturated rings. The maximum Gasteiger partial charge on any atom is 0.262 e. The number of amides is 2. The Labute approximate surface area is 156 Å². The van der Waals surface area contributed by atoms with Gasteiger partial charge in [-0.15, -0.1) is 0 Å². The SMILES string of the molecule is CC(C)CC(=O)Nc1ccc(NC(=O)COc2ccc(F)c(Cl)c2)cc1. The van der Waals surface area contributed by atoms with E-state index in [0.717, 1.165) is 0 Å². The van der Waals surface area contributed by atoms with Crippen LogP contribution in [0.25, 0.3) is 0 Å². The van der Waals surface area contributed by atoms with E-state index in [9.17, 15) is 14.0 Å². The Morgan fingerprint density at radius 2 is 1.62 bits per heavy atom. The van der Waals surface area contributed by atoms with Crippen LogP contribution in [0.4, 0.5) is 15.8 Å². The molecule has 0 unspecified atom stereocenters. The summed E-state index contributed by atoms with van der Waals surface area (Å²) in [6.07, 6.45) is 0.448. The fraction of sp³-hybridized carbons (Fsp3) is 0.263. The molecule has 138 valence electrons. The number of hydrogen-bond donors (Lipinski definition) is 2. The molecule has 0 atom stereocenters. The monoisotopic (exact) mass is 378 g/mol. The number of benzene rings is 2. The Hall–Kier alpha value is -2.60. The molecule has 2 N–H and O–H groups in total. The van der Waals surface area contributed by atoms with Crippen LogP contribution in [0.2, 0.25) is 5.02 Å². The normalized spacial score (nSPS) is 10.5. The van der Waals surface area contributed by atoms with Crippen molar-refractivity contribution in [3.8, 4) is 5.75 Å². The molecule has 0 aliphatic heterocycles. The maximum absolute atomic E-state index is 13.1. The lowest BCUT2D eigenvalue weighted by Gasteiger charge is -2.10. The molecule has 0 aliphatic carbocycles. The third-order valence-electron chi connectivity index (χ3n) is 3.31. The van der Waals surface area contributed by atoms with Crippen LogP contribution >= 0.6 is 11.6 Å². The second-order valence-corrected chi connectivity index (χ2v) is 6.54. The highest BCUT2D eigenvalue weighted by molar-refractivity contribution is 6.30. The fourth-order valence-electron chi connectivity index (χ4n) is 2.13. The predicted octanol–water partition coefficient (Wildman–Crippen LogP) is 4.48. The third kappa shape index (κ3) is 6.37. The average molecular weight is 379 g/mol. The second kappa shape index (κ2) is 9.20. The molecule has 0 heterocycles. The molecule has 0 aliphatic rings. The van der Waals surface area contributed by atoms with Crippen molar-refractivity contribution in [3.05, 3.63) is 53.3 Å². The van der Waals surface area contributed by atoms with Crippen molar-refractivity contribution in [1.82, 2.24) is 0 Å². The van der Waals surface area contributed by atoms with Gasteiger partial charge in [-0.1, -0.05) is 25.4 Å². The molecule has 0 radical (unpaired) electrons. The molecule has 2 amide bonds. The van der Waals surface area contributed by atoms with Crippen molar-refractivity contribution in [2.45, 2.75) is 20.3 Å². The van der Waals surface area contributed by atoms with Gasteiger partial charge in [0.1, 0.15) is 11.6 Å². The van der Waals surface area contributed by atoms with Gasteiger partial charge in [0.15, 0.2) is 6.61 Å². The first-order valence-electron chi connectivity index (χ1n) is 8.11. The number of anilines is 2. The van der Waals surface area contributed by atoms with Crippen molar-refractivity contribution in [2.24, 2.45) is 5.92 Å². The van der Waals surface area contributed by atoms with E-state index >= 15 is 0 Å². The zero-order valence-corrected chi connectivity index (χ0v) is 15.3. The van der Waals surface area contributed by atoms with Crippen LogP contribution < -0.4 is 15.4 Å². The van der Waals surface area contributed by atoms with Gasteiger partial charge in [0.25, 0.3) is 5.91 Å². The van der Waals surface area contributed by atoms with Crippen molar-refractivity contribution in [2.75, 3.05) is 17.2 Å². The molecule has 0 bridgehead atoms. The van der Waals surface area contributed by atoms with Gasteiger partial charge in [-0.3, -0.25) is 9.59 Å². The van der Waals surface area contributed by atoms with Gasteiger partial charge in [-0.2, -0.15) is 0 Å². The van der Waals surface area contributed by atoms with E-state index in [1.165, 1.54) is 18.2 Å². The molecule has 26 heavy (non-hydrogen) atoms. The summed E-state index contributed by atoms with van der Waals surface area (Å²) < 4.78 is 18.3. The zero-order chi connectivity index (χ0) is 19.1. The van der Waals surface area contributed by atoms with Crippen molar-refractivity contribution in [3.63, 3.8) is 0 Å². The van der Waals surface area contributed by atoms with Crippen molar-refractivity contribution >= 4 is 34.8 Å². The molecule has 2 rings (SSSR count). The van der Waals surface area contributed by atoms with E-state index in [1.54, 1.807) is 24.3 Å². The van der Waals surface area contributed by atoms with Crippen LogP contribution in [0, 0.1) is 11.7 Å². The third-order valence-corrected chi connectivity index (χ3v) is 3.60. The number of carbonyl (C=O) groups is 2. The number of ether oxygens (including phenoxy) is 1. The van der Waals surface area contributed by atoms with E-state index < -0.39 is 5.82 Å². The van der Waals surface area contributed by atoms with Gasteiger partial charge in [0.05, 0.1) is 5.02 Å². The summed E-state index contributed by atoms with van der Waals surface area (Å²) in [7, 11) is 0. The fourth-order valence-corrected chi connectivity index (χ4v) is 2.30. The number of carbonyl (C=O) groups excluding carboxylic acids is 2. The van der Waals surface area contributed by atoms with Gasteiger partial charge in [0, 0.05) is 23.9 Å². The largest absolute Gasteiger partial charge is 0.484 e. The second-order valence-electron chi connectivity index (χ2n) is 6.14. The van der Waals surface area contributed by atoms with Crippen LogP contribution in [0.5, 0.6) is 5.75 Å². The van der Waals surface area contributed by atoms with Crippen LogP contribution in [0.15, 0.2) is 42.5 Å². The van der Waals surface area contributed by atoms with E-state index in [2.05, 4.69) is 10.6 Å². The Morgan fingerprint density at radius 1 is 1.04 bits per heavy atom. The highest BCUT2D eigenvalue weighted by atomic mass is 35.5. The Kier molecular flexibility index (Phi) is 6.97. The van der Waals surface area contributed by atoms with E-state index in [-0.39, 0.29) is 29.4 Å². The lowest BCUT2D eigenvalue weighted by atomic mass is 10.1. The number of hydrogen-bond acceptors (Lipinski definition) is 3. The van der Waals surface area contributed by atoms with Crippen LogP contribution in [0.1, 0.15) is 20.3 Å². The van der Waals surface area contributed by atoms with Crippen LogP contribution in [-0.4, -0.2) is 18.4 Å². The molecule has 7 heteroatoms. The minimum Gasteiger partial charge on any atom is -0.484 e. The molecular formula is C19H20ClFN2O3. The van der Waals surface area contributed by atoms with Crippen molar-refractivity contribution < 1.29 is 18.7 Å². The summed E-state index contributed by atoms with van der Waals surface area (Å²) in [5.41, 5.74) is 1.23. The van der Waals surface area contributed by atoms with Gasteiger partial charge in [0.2, 0.25) is 5.91 Å². The number of rotatable bonds is 7. The molecule has 0 aromatic heterocycles. The number of nitrogens with one attached hydrogen (secondary N) is 2. The zero-order valence-electron chi connectivity index (χ0n) is 14.5. The molecule has 2 aromatic carbocycles. The molecule has 0 saturated carbocycles. The standard InChI is InChI=1S/C19H20ClFN2O3/c1-12(2)9-18(24)22-13-3-5-14(6-4-13)23-19(25)11-26-15-7-8-17(21)16(20)10-15/h3-8,10,12H,9,11H2,1-2H3,(H,22,24)(H,23,25). The summed E-state index contributed by atoms with van der Waals surface area (Å²) >= 11 is 5.65. The van der Waals surface area contributed by atoms with E-state index in [0.29, 0.717) is 23.5 Å². The van der Waals surface area contributed by atoms with Gasteiger partial charge < -0.3 is 15.4 Å². The Bertz CT molecular complexity index is 779. The quantitative estimate of drug-likeness (QED) is 0.746. The predicted molar refractivity (Wildman–Crippen MR) is 100 cm³/mol. The lowest BCUT2D eigenvalue weighted by Crippen LogP contribution is -2.20. The first kappa shape index (κ1) is 19.7. The Morgan fingerprint density at radius 3 is 2.15 bits per heavy atom. The highest BCUT2D eigenvalue weighted by Crippen LogP contribution is 2.21. The lowest BCUT2D eigenvalue weighted by molar-refractivity contribution is -0.118. The number of halogens is 2. The first-order chi connectivity index (χ1) is 12.3. The summed E-state index contributed by atoms with van der Waals surface area (Å²) in [4.78, 5) is 23.6. The summed E-state index contributed by atoms with van der Waals surface area (Å²) in [6, 6.07) is 10.6. The smallest absolute Gasteiger partial charge is 0.262 e.